The van der Waals surface area contributed by atoms with Gasteiger partial charge < -0.3 is 18.9 Å². The van der Waals surface area contributed by atoms with E-state index in [-0.39, 0.29) is 5.56 Å². The summed E-state index contributed by atoms with van der Waals surface area (Å²) in [6, 6.07) is 8.16. The number of nitrogens with one attached hydrogen (secondary N) is 1. The highest BCUT2D eigenvalue weighted by molar-refractivity contribution is 6.31. The molecule has 0 saturated carbocycles. The van der Waals surface area contributed by atoms with Crippen LogP contribution in [0.1, 0.15) is 15.9 Å². The van der Waals surface area contributed by atoms with Crippen LogP contribution in [0.15, 0.2) is 35.4 Å². The molecule has 26 heavy (non-hydrogen) atoms. The second-order valence-electron chi connectivity index (χ2n) is 5.00. The minimum Gasteiger partial charge on any atom is -0.496 e. The van der Waals surface area contributed by atoms with Gasteiger partial charge in [0.15, 0.2) is 11.5 Å². The summed E-state index contributed by atoms with van der Waals surface area (Å²) in [6.07, 6.45) is 1.46. The number of benzene rings is 2. The summed E-state index contributed by atoms with van der Waals surface area (Å²) < 4.78 is 21.0. The molecular weight excluding hydrogens is 360 g/mol. The molecule has 0 fully saturated rings. The van der Waals surface area contributed by atoms with Crippen LogP contribution in [0.3, 0.4) is 0 Å². The first-order valence-corrected chi connectivity index (χ1v) is 7.88. The van der Waals surface area contributed by atoms with Crippen LogP contribution in [0.5, 0.6) is 23.0 Å². The summed E-state index contributed by atoms with van der Waals surface area (Å²) in [7, 11) is 6.03. The predicted molar refractivity (Wildman–Crippen MR) is 99.2 cm³/mol. The van der Waals surface area contributed by atoms with Crippen molar-refractivity contribution in [2.75, 3.05) is 28.4 Å². The second-order valence-corrected chi connectivity index (χ2v) is 5.44. The van der Waals surface area contributed by atoms with Gasteiger partial charge in [-0.05, 0) is 30.3 Å². The largest absolute Gasteiger partial charge is 0.496 e. The highest BCUT2D eigenvalue weighted by Crippen LogP contribution is 2.37. The first-order chi connectivity index (χ1) is 12.5. The number of methoxy groups -OCH3 is 4. The number of nitrogens with zero attached hydrogens (tertiary/aromatic N) is 1. The maximum absolute atomic E-state index is 12.3. The van der Waals surface area contributed by atoms with Gasteiger partial charge in [-0.15, -0.1) is 0 Å². The Labute approximate surface area is 156 Å². The summed E-state index contributed by atoms with van der Waals surface area (Å²) in [5.74, 6) is 1.38. The third-order valence-electron chi connectivity index (χ3n) is 3.47. The highest BCUT2D eigenvalue weighted by Gasteiger charge is 2.14. The number of hydrazone groups is 1. The Hall–Kier alpha value is -2.93. The zero-order valence-corrected chi connectivity index (χ0v) is 15.6. The first-order valence-electron chi connectivity index (χ1n) is 7.51. The molecule has 0 heterocycles. The van der Waals surface area contributed by atoms with Crippen molar-refractivity contribution in [1.82, 2.24) is 5.43 Å². The van der Waals surface area contributed by atoms with Crippen molar-refractivity contribution in [1.29, 1.82) is 0 Å². The van der Waals surface area contributed by atoms with E-state index in [2.05, 4.69) is 10.5 Å². The van der Waals surface area contributed by atoms with Crippen molar-refractivity contribution in [3.05, 3.63) is 46.5 Å². The van der Waals surface area contributed by atoms with Gasteiger partial charge in [-0.3, -0.25) is 4.79 Å². The van der Waals surface area contributed by atoms with E-state index in [1.807, 2.05) is 0 Å². The molecule has 2 aromatic rings. The van der Waals surface area contributed by atoms with Gasteiger partial charge in [0.05, 0.1) is 40.2 Å². The summed E-state index contributed by atoms with van der Waals surface area (Å²) in [5.41, 5.74) is 3.36. The lowest BCUT2D eigenvalue weighted by atomic mass is 10.2. The first kappa shape index (κ1) is 19.4. The van der Waals surface area contributed by atoms with Gasteiger partial charge >= 0.3 is 0 Å². The van der Waals surface area contributed by atoms with Gasteiger partial charge in [-0.1, -0.05) is 11.6 Å². The molecule has 0 aliphatic carbocycles. The van der Waals surface area contributed by atoms with E-state index in [1.54, 1.807) is 24.3 Å². The molecular formula is C18H19ClN2O5. The standard InChI is InChI=1S/C18H19ClN2O5/c1-23-14-6-5-12(19)9-13(14)18(22)21-20-10-11-7-15(24-2)17(26-4)16(8-11)25-3/h5-10H,1-4H3,(H,21,22). The molecule has 0 bridgehead atoms. The molecule has 7 nitrogen and oxygen atoms in total. The molecule has 8 heteroatoms. The monoisotopic (exact) mass is 378 g/mol. The average molecular weight is 379 g/mol. The van der Waals surface area contributed by atoms with Crippen molar-refractivity contribution < 1.29 is 23.7 Å². The van der Waals surface area contributed by atoms with E-state index < -0.39 is 5.91 Å². The lowest BCUT2D eigenvalue weighted by molar-refractivity contribution is 0.0952. The molecule has 2 aromatic carbocycles. The smallest absolute Gasteiger partial charge is 0.275 e. The number of carbonyl (C=O) groups is 1. The second kappa shape index (κ2) is 8.96. The minimum absolute atomic E-state index is 0.280. The molecule has 0 aliphatic rings. The molecule has 0 saturated heterocycles. The van der Waals surface area contributed by atoms with Gasteiger partial charge in [0, 0.05) is 10.6 Å². The Morgan fingerprint density at radius 1 is 0.962 bits per heavy atom. The SMILES string of the molecule is COc1ccc(Cl)cc1C(=O)NN=Cc1cc(OC)c(OC)c(OC)c1. The third-order valence-corrected chi connectivity index (χ3v) is 3.71. The number of rotatable bonds is 7. The van der Waals surface area contributed by atoms with E-state index in [9.17, 15) is 4.79 Å². The van der Waals surface area contributed by atoms with E-state index in [0.29, 0.717) is 33.6 Å². The fourth-order valence-electron chi connectivity index (χ4n) is 2.26. The van der Waals surface area contributed by atoms with Gasteiger partial charge in [-0.25, -0.2) is 5.43 Å². The summed E-state index contributed by atoms with van der Waals surface area (Å²) in [4.78, 5) is 12.3. The number of hydrogen-bond acceptors (Lipinski definition) is 6. The fourth-order valence-corrected chi connectivity index (χ4v) is 2.43. The maximum Gasteiger partial charge on any atom is 0.275 e. The molecule has 2 rings (SSSR count). The topological polar surface area (TPSA) is 78.4 Å². The molecule has 0 aliphatic heterocycles. The Balaban J connectivity index is 2.20. The summed E-state index contributed by atoms with van der Waals surface area (Å²) >= 11 is 5.93. The van der Waals surface area contributed by atoms with Crippen molar-refractivity contribution in [2.24, 2.45) is 5.10 Å². The quantitative estimate of drug-likeness (QED) is 0.591. The number of halogens is 1. The normalized spacial score (nSPS) is 10.5. The Morgan fingerprint density at radius 3 is 2.12 bits per heavy atom. The maximum atomic E-state index is 12.3. The molecule has 0 unspecified atom stereocenters. The Morgan fingerprint density at radius 2 is 1.58 bits per heavy atom. The summed E-state index contributed by atoms with van der Waals surface area (Å²) in [6.45, 7) is 0. The number of ether oxygens (including phenoxy) is 4. The van der Waals surface area contributed by atoms with Crippen LogP contribution in [0.25, 0.3) is 0 Å². The van der Waals surface area contributed by atoms with Crippen molar-refractivity contribution >= 4 is 23.7 Å². The fraction of sp³-hybridized carbons (Fsp3) is 0.222. The van der Waals surface area contributed by atoms with E-state index in [4.69, 9.17) is 30.5 Å². The van der Waals surface area contributed by atoms with E-state index in [0.717, 1.165) is 0 Å². The minimum atomic E-state index is -0.451. The van der Waals surface area contributed by atoms with Crippen molar-refractivity contribution in [3.63, 3.8) is 0 Å². The highest BCUT2D eigenvalue weighted by atomic mass is 35.5. The van der Waals surface area contributed by atoms with Crippen molar-refractivity contribution in [3.8, 4) is 23.0 Å². The Kier molecular flexibility index (Phi) is 6.68. The molecule has 0 aromatic heterocycles. The predicted octanol–water partition coefficient (Wildman–Crippen LogP) is 3.14. The number of hydrogen-bond donors (Lipinski definition) is 1. The summed E-state index contributed by atoms with van der Waals surface area (Å²) in [5, 5.41) is 4.38. The molecule has 0 radical (unpaired) electrons. The lowest BCUT2D eigenvalue weighted by Gasteiger charge is -2.12. The molecule has 1 amide bonds. The zero-order valence-electron chi connectivity index (χ0n) is 14.8. The van der Waals surface area contributed by atoms with Crippen LogP contribution in [-0.2, 0) is 0 Å². The van der Waals surface area contributed by atoms with Gasteiger partial charge in [0.1, 0.15) is 5.75 Å². The third kappa shape index (κ3) is 4.37. The van der Waals surface area contributed by atoms with Crippen LogP contribution in [0, 0.1) is 0 Å². The number of carbonyl (C=O) groups excluding carboxylic acids is 1. The van der Waals surface area contributed by atoms with Crippen LogP contribution in [-0.4, -0.2) is 40.6 Å². The van der Waals surface area contributed by atoms with Crippen LogP contribution >= 0.6 is 11.6 Å². The lowest BCUT2D eigenvalue weighted by Crippen LogP contribution is -2.18. The molecule has 138 valence electrons. The van der Waals surface area contributed by atoms with E-state index >= 15 is 0 Å². The Bertz CT molecular complexity index is 798. The molecule has 0 atom stereocenters. The molecule has 0 spiro atoms. The molecule has 1 N–H and O–H groups in total. The van der Waals surface area contributed by atoms with E-state index in [1.165, 1.54) is 40.7 Å². The zero-order chi connectivity index (χ0) is 19.1. The van der Waals surface area contributed by atoms with Gasteiger partial charge in [0.2, 0.25) is 5.75 Å². The average Bonchev–Trinajstić information content (AvgIpc) is 2.66. The van der Waals surface area contributed by atoms with Crippen LogP contribution < -0.4 is 24.4 Å². The van der Waals surface area contributed by atoms with Crippen LogP contribution in [0.2, 0.25) is 5.02 Å². The van der Waals surface area contributed by atoms with Gasteiger partial charge in [-0.2, -0.15) is 5.10 Å². The van der Waals surface area contributed by atoms with Crippen LogP contribution in [0.4, 0.5) is 0 Å². The number of amides is 1. The van der Waals surface area contributed by atoms with Gasteiger partial charge in [0.25, 0.3) is 5.91 Å². The van der Waals surface area contributed by atoms with Crippen molar-refractivity contribution in [2.45, 2.75) is 0 Å².